The van der Waals surface area contributed by atoms with Crippen LogP contribution in [0.15, 0.2) is 84.0 Å². The number of hydrogen-bond acceptors (Lipinski definition) is 8. The summed E-state index contributed by atoms with van der Waals surface area (Å²) in [6.45, 7) is 0.104. The molecule has 0 saturated heterocycles. The van der Waals surface area contributed by atoms with Crippen molar-refractivity contribution in [2.24, 2.45) is 5.10 Å². The molecule has 1 aliphatic rings. The monoisotopic (exact) mass is 610 g/mol. The molecule has 6 rings (SSSR count). The number of carbonyl (C=O) groups is 2. The molecular formula is C33H27ClN4O6. The van der Waals surface area contributed by atoms with Crippen LogP contribution < -0.4 is 29.3 Å². The van der Waals surface area contributed by atoms with E-state index in [-0.39, 0.29) is 12.5 Å². The average molecular weight is 611 g/mol. The summed E-state index contributed by atoms with van der Waals surface area (Å²) in [7, 11) is 5.37. The predicted octanol–water partition coefficient (Wildman–Crippen LogP) is 6.27. The number of rotatable bonds is 8. The largest absolute Gasteiger partial charge is 0.493 e. The Morgan fingerprint density at radius 3 is 2.59 bits per heavy atom. The van der Waals surface area contributed by atoms with E-state index in [4.69, 9.17) is 30.5 Å². The molecule has 1 aliphatic heterocycles. The Kier molecular flexibility index (Phi) is 7.82. The summed E-state index contributed by atoms with van der Waals surface area (Å²) >= 11 is 6.57. The maximum absolute atomic E-state index is 13.4. The van der Waals surface area contributed by atoms with Gasteiger partial charge in [-0.05, 0) is 66.2 Å². The number of aromatic amines is 1. The SMILES string of the molecule is COc1cc(C=NNC(=O)c2[nH]c3ccc(N(C)C)cc3c2-c2ccccc2Cl)ccc1OC(=O)c1ccc2c(c1)OCO2. The maximum atomic E-state index is 13.4. The molecule has 0 saturated carbocycles. The summed E-state index contributed by atoms with van der Waals surface area (Å²) in [5.41, 5.74) is 6.99. The standard InChI is InChI=1S/C33H27ClN4O6/c1-38(2)21-10-11-25-23(16-21)30(22-6-4-5-7-24(22)34)31(36-25)32(39)37-35-17-19-8-12-27(28(14-19)41-3)44-33(40)20-9-13-26-29(15-20)43-18-42-26/h4-17,36H,18H2,1-3H3,(H,37,39). The van der Waals surface area contributed by atoms with Gasteiger partial charge in [0.05, 0.1) is 18.9 Å². The zero-order chi connectivity index (χ0) is 30.8. The summed E-state index contributed by atoms with van der Waals surface area (Å²) in [6, 6.07) is 23.0. The highest BCUT2D eigenvalue weighted by atomic mass is 35.5. The molecule has 5 aromatic rings. The topological polar surface area (TPSA) is 114 Å². The molecule has 1 amide bonds. The first-order valence-electron chi connectivity index (χ1n) is 13.5. The van der Waals surface area contributed by atoms with Gasteiger partial charge >= 0.3 is 5.97 Å². The number of benzene rings is 4. The van der Waals surface area contributed by atoms with Crippen molar-refractivity contribution in [3.63, 3.8) is 0 Å². The van der Waals surface area contributed by atoms with E-state index in [0.29, 0.717) is 44.7 Å². The van der Waals surface area contributed by atoms with Crippen molar-refractivity contribution in [3.05, 3.63) is 101 Å². The summed E-state index contributed by atoms with van der Waals surface area (Å²) in [4.78, 5) is 31.4. The molecule has 2 heterocycles. The van der Waals surface area contributed by atoms with Crippen LogP contribution in [0.1, 0.15) is 26.4 Å². The van der Waals surface area contributed by atoms with Crippen LogP contribution in [0.3, 0.4) is 0 Å². The number of amides is 1. The lowest BCUT2D eigenvalue weighted by atomic mass is 10.0. The lowest BCUT2D eigenvalue weighted by Crippen LogP contribution is -2.19. The lowest BCUT2D eigenvalue weighted by Gasteiger charge is -2.13. The fourth-order valence-corrected chi connectivity index (χ4v) is 5.05. The third kappa shape index (κ3) is 5.62. The fraction of sp³-hybridized carbons (Fsp3) is 0.121. The van der Waals surface area contributed by atoms with Crippen LogP contribution >= 0.6 is 11.6 Å². The van der Waals surface area contributed by atoms with Gasteiger partial charge in [0.15, 0.2) is 23.0 Å². The molecule has 11 heteroatoms. The number of halogens is 1. The highest BCUT2D eigenvalue weighted by Crippen LogP contribution is 2.38. The van der Waals surface area contributed by atoms with Crippen molar-refractivity contribution in [2.75, 3.05) is 32.9 Å². The quantitative estimate of drug-likeness (QED) is 0.0920. The van der Waals surface area contributed by atoms with Crippen LogP contribution in [-0.2, 0) is 0 Å². The van der Waals surface area contributed by atoms with Crippen molar-refractivity contribution in [1.29, 1.82) is 0 Å². The van der Waals surface area contributed by atoms with E-state index in [1.165, 1.54) is 13.3 Å². The van der Waals surface area contributed by atoms with E-state index in [9.17, 15) is 9.59 Å². The van der Waals surface area contributed by atoms with Crippen molar-refractivity contribution >= 4 is 46.3 Å². The molecule has 0 bridgehead atoms. The number of ether oxygens (including phenoxy) is 4. The zero-order valence-corrected chi connectivity index (χ0v) is 24.8. The number of anilines is 1. The molecule has 1 aromatic heterocycles. The molecular weight excluding hydrogens is 584 g/mol. The number of fused-ring (bicyclic) bond motifs is 2. The highest BCUT2D eigenvalue weighted by molar-refractivity contribution is 6.34. The minimum Gasteiger partial charge on any atom is -0.493 e. The van der Waals surface area contributed by atoms with Gasteiger partial charge in [-0.15, -0.1) is 0 Å². The average Bonchev–Trinajstić information content (AvgIpc) is 3.66. The van der Waals surface area contributed by atoms with Crippen molar-refractivity contribution in [2.45, 2.75) is 0 Å². The number of hydrogen-bond donors (Lipinski definition) is 2. The molecule has 222 valence electrons. The molecule has 0 unspecified atom stereocenters. The van der Waals surface area contributed by atoms with Crippen molar-refractivity contribution in [1.82, 2.24) is 10.4 Å². The normalized spacial score (nSPS) is 12.0. The summed E-state index contributed by atoms with van der Waals surface area (Å²) in [5, 5.41) is 5.54. The number of hydrazone groups is 1. The van der Waals surface area contributed by atoms with Gasteiger partial charge < -0.3 is 28.8 Å². The number of aromatic nitrogens is 1. The van der Waals surface area contributed by atoms with E-state index in [2.05, 4.69) is 15.5 Å². The summed E-state index contributed by atoms with van der Waals surface area (Å²) < 4.78 is 21.6. The number of methoxy groups -OCH3 is 1. The molecule has 44 heavy (non-hydrogen) atoms. The van der Waals surface area contributed by atoms with Crippen LogP contribution in [0.25, 0.3) is 22.0 Å². The van der Waals surface area contributed by atoms with E-state index < -0.39 is 11.9 Å². The molecule has 0 atom stereocenters. The van der Waals surface area contributed by atoms with Gasteiger partial charge in [-0.1, -0.05) is 29.8 Å². The third-order valence-corrected chi connectivity index (χ3v) is 7.38. The Morgan fingerprint density at radius 2 is 1.80 bits per heavy atom. The van der Waals surface area contributed by atoms with Gasteiger partial charge in [-0.2, -0.15) is 5.10 Å². The smallest absolute Gasteiger partial charge is 0.343 e. The Morgan fingerprint density at radius 1 is 0.977 bits per heavy atom. The minimum atomic E-state index is -0.583. The number of H-pyrrole nitrogens is 1. The molecule has 0 radical (unpaired) electrons. The summed E-state index contributed by atoms with van der Waals surface area (Å²) in [6.07, 6.45) is 1.46. The van der Waals surface area contributed by atoms with Gasteiger partial charge in [0.1, 0.15) is 5.69 Å². The second-order valence-electron chi connectivity index (χ2n) is 10.0. The lowest BCUT2D eigenvalue weighted by molar-refractivity contribution is 0.0729. The van der Waals surface area contributed by atoms with Crippen LogP contribution in [0, 0.1) is 0 Å². The first-order valence-corrected chi connectivity index (χ1v) is 13.9. The van der Waals surface area contributed by atoms with E-state index in [1.54, 1.807) is 42.5 Å². The Labute approximate surface area is 257 Å². The molecule has 4 aromatic carbocycles. The maximum Gasteiger partial charge on any atom is 0.343 e. The van der Waals surface area contributed by atoms with E-state index in [1.807, 2.05) is 55.4 Å². The minimum absolute atomic E-state index is 0.104. The second kappa shape index (κ2) is 12.0. The van der Waals surface area contributed by atoms with Gasteiger partial charge in [-0.25, -0.2) is 10.2 Å². The molecule has 0 aliphatic carbocycles. The number of esters is 1. The highest BCUT2D eigenvalue weighted by Gasteiger charge is 2.22. The van der Waals surface area contributed by atoms with Crippen molar-refractivity contribution < 1.29 is 28.5 Å². The van der Waals surface area contributed by atoms with Gasteiger partial charge in [0.2, 0.25) is 6.79 Å². The molecule has 2 N–H and O–H groups in total. The van der Waals surface area contributed by atoms with E-state index >= 15 is 0 Å². The van der Waals surface area contributed by atoms with Gasteiger partial charge in [0, 0.05) is 46.8 Å². The number of nitrogens with zero attached hydrogens (tertiary/aromatic N) is 2. The Balaban J connectivity index is 1.22. The van der Waals surface area contributed by atoms with Crippen LogP contribution in [0.2, 0.25) is 5.02 Å². The number of carbonyl (C=O) groups excluding carboxylic acids is 2. The molecule has 10 nitrogen and oxygen atoms in total. The van der Waals surface area contributed by atoms with E-state index in [0.717, 1.165) is 22.2 Å². The molecule has 0 fully saturated rings. The van der Waals surface area contributed by atoms with Crippen LogP contribution in [0.4, 0.5) is 5.69 Å². The zero-order valence-electron chi connectivity index (χ0n) is 24.0. The first-order chi connectivity index (χ1) is 21.3. The number of nitrogens with one attached hydrogen (secondary N) is 2. The van der Waals surface area contributed by atoms with Gasteiger partial charge in [0.25, 0.3) is 5.91 Å². The summed E-state index contributed by atoms with van der Waals surface area (Å²) in [5.74, 6) is 0.543. The third-order valence-electron chi connectivity index (χ3n) is 7.05. The Bertz CT molecular complexity index is 1930. The van der Waals surface area contributed by atoms with Crippen LogP contribution in [-0.4, -0.2) is 51.1 Å². The second-order valence-corrected chi connectivity index (χ2v) is 10.5. The molecule has 0 spiro atoms. The van der Waals surface area contributed by atoms with Crippen LogP contribution in [0.5, 0.6) is 23.0 Å². The first kappa shape index (κ1) is 28.6. The van der Waals surface area contributed by atoms with Gasteiger partial charge in [-0.3, -0.25) is 4.79 Å². The predicted molar refractivity (Wildman–Crippen MR) is 169 cm³/mol. The van der Waals surface area contributed by atoms with Crippen molar-refractivity contribution in [3.8, 4) is 34.1 Å². The Hall–Kier alpha value is -5.48. The fourth-order valence-electron chi connectivity index (χ4n) is 4.82.